The summed E-state index contributed by atoms with van der Waals surface area (Å²) in [6.07, 6.45) is 0. The van der Waals surface area contributed by atoms with E-state index in [1.165, 1.54) is 23.3 Å². The zero-order chi connectivity index (χ0) is 14.5. The second kappa shape index (κ2) is 6.53. The zero-order valence-corrected chi connectivity index (χ0v) is 12.1. The quantitative estimate of drug-likeness (QED) is 0.895. The van der Waals surface area contributed by atoms with Gasteiger partial charge in [0.1, 0.15) is 18.2 Å². The standard InChI is InChI=1S/C17H20FNO/c1-12-4-6-14(7-5-12)16(19-3)11-20-17-9-8-15(18)10-13(17)2/h4-10,16,19H,11H2,1-3H3. The molecule has 1 unspecified atom stereocenters. The second-order valence-corrected chi connectivity index (χ2v) is 4.97. The van der Waals surface area contributed by atoms with Gasteiger partial charge in [0.05, 0.1) is 6.04 Å². The topological polar surface area (TPSA) is 21.3 Å². The average Bonchev–Trinajstić information content (AvgIpc) is 2.43. The van der Waals surface area contributed by atoms with E-state index in [4.69, 9.17) is 4.74 Å². The Morgan fingerprint density at radius 2 is 1.80 bits per heavy atom. The van der Waals surface area contributed by atoms with E-state index in [2.05, 4.69) is 36.5 Å². The van der Waals surface area contributed by atoms with Crippen LogP contribution in [0.4, 0.5) is 4.39 Å². The number of ether oxygens (including phenoxy) is 1. The van der Waals surface area contributed by atoms with Crippen LogP contribution in [0.25, 0.3) is 0 Å². The lowest BCUT2D eigenvalue weighted by Crippen LogP contribution is -2.23. The monoisotopic (exact) mass is 273 g/mol. The number of nitrogens with one attached hydrogen (secondary N) is 1. The highest BCUT2D eigenvalue weighted by Gasteiger charge is 2.11. The van der Waals surface area contributed by atoms with Gasteiger partial charge in [0.15, 0.2) is 0 Å². The minimum absolute atomic E-state index is 0.111. The molecule has 2 aromatic rings. The molecular formula is C17H20FNO. The fraction of sp³-hybridized carbons (Fsp3) is 0.294. The smallest absolute Gasteiger partial charge is 0.123 e. The van der Waals surface area contributed by atoms with Crippen molar-refractivity contribution < 1.29 is 9.13 Å². The summed E-state index contributed by atoms with van der Waals surface area (Å²) in [4.78, 5) is 0. The van der Waals surface area contributed by atoms with Crippen LogP contribution in [0.15, 0.2) is 42.5 Å². The number of likely N-dealkylation sites (N-methyl/N-ethyl adjacent to an activating group) is 1. The lowest BCUT2D eigenvalue weighted by Gasteiger charge is -2.18. The summed E-state index contributed by atoms with van der Waals surface area (Å²) in [5.41, 5.74) is 3.22. The van der Waals surface area contributed by atoms with Gasteiger partial charge in [-0.15, -0.1) is 0 Å². The van der Waals surface area contributed by atoms with Gasteiger partial charge >= 0.3 is 0 Å². The van der Waals surface area contributed by atoms with Crippen molar-refractivity contribution >= 4 is 0 Å². The van der Waals surface area contributed by atoms with E-state index in [-0.39, 0.29) is 11.9 Å². The molecule has 0 aromatic heterocycles. The van der Waals surface area contributed by atoms with Crippen LogP contribution in [-0.2, 0) is 0 Å². The Kier molecular flexibility index (Phi) is 4.74. The Bertz CT molecular complexity index is 566. The van der Waals surface area contributed by atoms with Crippen LogP contribution in [0.1, 0.15) is 22.7 Å². The van der Waals surface area contributed by atoms with Crippen molar-refractivity contribution in [3.63, 3.8) is 0 Å². The number of halogens is 1. The first kappa shape index (κ1) is 14.5. The molecule has 106 valence electrons. The molecule has 0 aliphatic rings. The normalized spacial score (nSPS) is 12.2. The summed E-state index contributed by atoms with van der Waals surface area (Å²) < 4.78 is 18.8. The van der Waals surface area contributed by atoms with Crippen molar-refractivity contribution in [1.82, 2.24) is 5.32 Å². The van der Waals surface area contributed by atoms with Gasteiger partial charge in [-0.3, -0.25) is 0 Å². The maximum absolute atomic E-state index is 13.0. The van der Waals surface area contributed by atoms with Crippen molar-refractivity contribution in [2.45, 2.75) is 19.9 Å². The molecule has 0 fully saturated rings. The Morgan fingerprint density at radius 3 is 2.40 bits per heavy atom. The molecule has 2 rings (SSSR count). The van der Waals surface area contributed by atoms with E-state index >= 15 is 0 Å². The van der Waals surface area contributed by atoms with E-state index < -0.39 is 0 Å². The molecule has 3 heteroatoms. The summed E-state index contributed by atoms with van der Waals surface area (Å²) in [6.45, 7) is 4.42. The first-order valence-electron chi connectivity index (χ1n) is 6.73. The molecule has 0 saturated heterocycles. The molecular weight excluding hydrogens is 253 g/mol. The van der Waals surface area contributed by atoms with Crippen LogP contribution in [-0.4, -0.2) is 13.7 Å². The lowest BCUT2D eigenvalue weighted by atomic mass is 10.1. The maximum atomic E-state index is 13.0. The van der Waals surface area contributed by atoms with Gasteiger partial charge in [0.25, 0.3) is 0 Å². The largest absolute Gasteiger partial charge is 0.491 e. The van der Waals surface area contributed by atoms with Crippen molar-refractivity contribution in [3.05, 3.63) is 65.0 Å². The average molecular weight is 273 g/mol. The molecule has 0 radical (unpaired) electrons. The van der Waals surface area contributed by atoms with Gasteiger partial charge in [0, 0.05) is 0 Å². The van der Waals surface area contributed by atoms with Gasteiger partial charge in [-0.25, -0.2) is 4.39 Å². The van der Waals surface area contributed by atoms with Gasteiger partial charge < -0.3 is 10.1 Å². The number of hydrogen-bond donors (Lipinski definition) is 1. The van der Waals surface area contributed by atoms with Crippen molar-refractivity contribution in [2.75, 3.05) is 13.7 Å². The third-order valence-electron chi connectivity index (χ3n) is 3.37. The van der Waals surface area contributed by atoms with Crippen molar-refractivity contribution in [2.24, 2.45) is 0 Å². The molecule has 0 heterocycles. The maximum Gasteiger partial charge on any atom is 0.123 e. The third-order valence-corrected chi connectivity index (χ3v) is 3.37. The minimum atomic E-state index is -0.237. The van der Waals surface area contributed by atoms with E-state index in [0.29, 0.717) is 6.61 Å². The highest BCUT2D eigenvalue weighted by Crippen LogP contribution is 2.21. The second-order valence-electron chi connectivity index (χ2n) is 4.97. The number of aryl methyl sites for hydroxylation is 2. The minimum Gasteiger partial charge on any atom is -0.491 e. The molecule has 0 saturated carbocycles. The molecule has 2 aromatic carbocycles. The highest BCUT2D eigenvalue weighted by atomic mass is 19.1. The Morgan fingerprint density at radius 1 is 1.10 bits per heavy atom. The van der Waals surface area contributed by atoms with Crippen LogP contribution in [0.2, 0.25) is 0 Å². The molecule has 2 nitrogen and oxygen atoms in total. The summed E-state index contributed by atoms with van der Waals surface area (Å²) in [7, 11) is 1.91. The first-order chi connectivity index (χ1) is 9.60. The SMILES string of the molecule is CNC(COc1ccc(F)cc1C)c1ccc(C)cc1. The number of benzene rings is 2. The van der Waals surface area contributed by atoms with E-state index in [0.717, 1.165) is 11.3 Å². The molecule has 0 aliphatic heterocycles. The molecule has 0 amide bonds. The molecule has 0 aliphatic carbocycles. The van der Waals surface area contributed by atoms with Gasteiger partial charge in [-0.2, -0.15) is 0 Å². The molecule has 20 heavy (non-hydrogen) atoms. The molecule has 0 spiro atoms. The third kappa shape index (κ3) is 3.58. The van der Waals surface area contributed by atoms with Gasteiger partial charge in [0.2, 0.25) is 0 Å². The fourth-order valence-electron chi connectivity index (χ4n) is 2.09. The van der Waals surface area contributed by atoms with Crippen LogP contribution in [0, 0.1) is 19.7 Å². The Labute approximate surface area is 119 Å². The molecule has 0 bridgehead atoms. The summed E-state index contributed by atoms with van der Waals surface area (Å²) in [5.74, 6) is 0.484. The predicted octanol–water partition coefficient (Wildman–Crippen LogP) is 3.78. The van der Waals surface area contributed by atoms with Gasteiger partial charge in [-0.05, 0) is 50.2 Å². The van der Waals surface area contributed by atoms with Crippen LogP contribution < -0.4 is 10.1 Å². The lowest BCUT2D eigenvalue weighted by molar-refractivity contribution is 0.271. The fourth-order valence-corrected chi connectivity index (χ4v) is 2.09. The van der Waals surface area contributed by atoms with E-state index in [1.54, 1.807) is 6.07 Å². The Balaban J connectivity index is 2.05. The van der Waals surface area contributed by atoms with Gasteiger partial charge in [-0.1, -0.05) is 29.8 Å². The number of hydrogen-bond acceptors (Lipinski definition) is 2. The molecule has 1 N–H and O–H groups in total. The van der Waals surface area contributed by atoms with Crippen LogP contribution in [0.3, 0.4) is 0 Å². The van der Waals surface area contributed by atoms with Crippen LogP contribution >= 0.6 is 0 Å². The molecule has 1 atom stereocenters. The van der Waals surface area contributed by atoms with Crippen molar-refractivity contribution in [1.29, 1.82) is 0 Å². The summed E-state index contributed by atoms with van der Waals surface area (Å²) in [5, 5.41) is 3.24. The van der Waals surface area contributed by atoms with Crippen LogP contribution in [0.5, 0.6) is 5.75 Å². The predicted molar refractivity (Wildman–Crippen MR) is 79.6 cm³/mol. The highest BCUT2D eigenvalue weighted by molar-refractivity contribution is 5.33. The van der Waals surface area contributed by atoms with Crippen molar-refractivity contribution in [3.8, 4) is 5.75 Å². The zero-order valence-electron chi connectivity index (χ0n) is 12.1. The number of rotatable bonds is 5. The first-order valence-corrected chi connectivity index (χ1v) is 6.73. The summed E-state index contributed by atoms with van der Waals surface area (Å²) in [6, 6.07) is 13.0. The van der Waals surface area contributed by atoms with E-state index in [1.807, 2.05) is 14.0 Å². The van der Waals surface area contributed by atoms with E-state index in [9.17, 15) is 4.39 Å². The summed E-state index contributed by atoms with van der Waals surface area (Å²) >= 11 is 0. The Hall–Kier alpha value is -1.87.